The van der Waals surface area contributed by atoms with Gasteiger partial charge in [0.25, 0.3) is 0 Å². The number of hydrogen-bond acceptors (Lipinski definition) is 3. The van der Waals surface area contributed by atoms with Crippen molar-refractivity contribution >= 4 is 11.8 Å². The van der Waals surface area contributed by atoms with E-state index in [0.29, 0.717) is 6.61 Å². The van der Waals surface area contributed by atoms with E-state index in [1.54, 1.807) is 0 Å². The molecule has 0 rings (SSSR count). The zero-order valence-corrected chi connectivity index (χ0v) is 6.79. The van der Waals surface area contributed by atoms with Crippen LogP contribution >= 0.6 is 0 Å². The van der Waals surface area contributed by atoms with Crippen molar-refractivity contribution in [2.75, 3.05) is 6.61 Å². The Kier molecular flexibility index (Phi) is 5.07. The summed E-state index contributed by atoms with van der Waals surface area (Å²) in [7, 11) is 0. The fraction of sp³-hybridized carbons (Fsp3) is 0.500. The van der Waals surface area contributed by atoms with E-state index in [2.05, 4.69) is 4.74 Å². The zero-order chi connectivity index (χ0) is 8.69. The molecule has 62 valence electrons. The van der Waals surface area contributed by atoms with Crippen LogP contribution in [0.25, 0.3) is 0 Å². The molecule has 0 aromatic heterocycles. The lowest BCUT2D eigenvalue weighted by Gasteiger charge is -1.95. The predicted octanol–water partition coefficient (Wildman–Crippen LogP) is 1.08. The van der Waals surface area contributed by atoms with Crippen LogP contribution in [-0.2, 0) is 14.3 Å². The monoisotopic (exact) mass is 156 g/mol. The number of hydrogen-bond donors (Lipinski definition) is 0. The number of rotatable bonds is 4. The summed E-state index contributed by atoms with van der Waals surface area (Å²) in [6, 6.07) is 0. The van der Waals surface area contributed by atoms with Crippen molar-refractivity contribution in [3.8, 4) is 0 Å². The number of carbonyl (C=O) groups is 2. The van der Waals surface area contributed by atoms with E-state index in [-0.39, 0.29) is 5.78 Å². The van der Waals surface area contributed by atoms with E-state index in [1.165, 1.54) is 13.0 Å². The minimum absolute atomic E-state index is 0.154. The smallest absolute Gasteiger partial charge is 0.330 e. The summed E-state index contributed by atoms with van der Waals surface area (Å²) in [5, 5.41) is 0. The number of allylic oxidation sites excluding steroid dienone is 1. The van der Waals surface area contributed by atoms with Crippen molar-refractivity contribution < 1.29 is 14.3 Å². The fourth-order valence-corrected chi connectivity index (χ4v) is 0.436. The Labute approximate surface area is 66.0 Å². The molecule has 0 aliphatic rings. The first-order chi connectivity index (χ1) is 5.16. The Hall–Kier alpha value is -1.12. The first-order valence-corrected chi connectivity index (χ1v) is 3.52. The van der Waals surface area contributed by atoms with Crippen molar-refractivity contribution in [1.82, 2.24) is 0 Å². The van der Waals surface area contributed by atoms with E-state index in [0.717, 1.165) is 12.5 Å². The first kappa shape index (κ1) is 9.88. The van der Waals surface area contributed by atoms with Gasteiger partial charge in [-0.1, -0.05) is 6.92 Å². The van der Waals surface area contributed by atoms with Crippen molar-refractivity contribution in [3.63, 3.8) is 0 Å². The highest BCUT2D eigenvalue weighted by Gasteiger charge is 1.94. The normalized spacial score (nSPS) is 10.0. The van der Waals surface area contributed by atoms with Gasteiger partial charge in [0.2, 0.25) is 0 Å². The van der Waals surface area contributed by atoms with E-state index in [4.69, 9.17) is 0 Å². The SMILES string of the molecule is CCCOC(=O)C=CC(C)=O. The Bertz CT molecular complexity index is 170. The number of esters is 1. The lowest BCUT2D eigenvalue weighted by Crippen LogP contribution is -2.01. The zero-order valence-electron chi connectivity index (χ0n) is 6.79. The largest absolute Gasteiger partial charge is 0.463 e. The molecule has 0 bridgehead atoms. The molecule has 0 aromatic rings. The van der Waals surface area contributed by atoms with Gasteiger partial charge in [0.1, 0.15) is 0 Å². The summed E-state index contributed by atoms with van der Waals surface area (Å²) in [6.07, 6.45) is 3.12. The van der Waals surface area contributed by atoms with Gasteiger partial charge in [-0.2, -0.15) is 0 Å². The summed E-state index contributed by atoms with van der Waals surface area (Å²) in [5.74, 6) is -0.611. The molecule has 0 N–H and O–H groups in total. The van der Waals surface area contributed by atoms with E-state index < -0.39 is 5.97 Å². The van der Waals surface area contributed by atoms with Gasteiger partial charge < -0.3 is 4.74 Å². The molecular weight excluding hydrogens is 144 g/mol. The van der Waals surface area contributed by atoms with Crippen LogP contribution in [0.2, 0.25) is 0 Å². The van der Waals surface area contributed by atoms with Crippen LogP contribution < -0.4 is 0 Å². The van der Waals surface area contributed by atoms with Crippen LogP contribution in [0.5, 0.6) is 0 Å². The minimum atomic E-state index is -0.456. The Balaban J connectivity index is 3.60. The van der Waals surface area contributed by atoms with Gasteiger partial charge in [-0.25, -0.2) is 4.79 Å². The summed E-state index contributed by atoms with van der Waals surface area (Å²) >= 11 is 0. The topological polar surface area (TPSA) is 43.4 Å². The van der Waals surface area contributed by atoms with Crippen LogP contribution in [0.3, 0.4) is 0 Å². The molecule has 0 heterocycles. The maximum Gasteiger partial charge on any atom is 0.330 e. The molecule has 0 unspecified atom stereocenters. The van der Waals surface area contributed by atoms with Crippen LogP contribution in [0.4, 0.5) is 0 Å². The fourth-order valence-electron chi connectivity index (χ4n) is 0.436. The van der Waals surface area contributed by atoms with Gasteiger partial charge in [-0.15, -0.1) is 0 Å². The number of ketones is 1. The van der Waals surface area contributed by atoms with Crippen molar-refractivity contribution in [3.05, 3.63) is 12.2 Å². The molecule has 0 aliphatic heterocycles. The lowest BCUT2D eigenvalue weighted by atomic mass is 10.4. The van der Waals surface area contributed by atoms with E-state index in [9.17, 15) is 9.59 Å². The Morgan fingerprint density at radius 2 is 2.00 bits per heavy atom. The minimum Gasteiger partial charge on any atom is -0.463 e. The molecule has 0 radical (unpaired) electrons. The van der Waals surface area contributed by atoms with E-state index in [1.807, 2.05) is 6.92 Å². The Morgan fingerprint density at radius 1 is 1.36 bits per heavy atom. The van der Waals surface area contributed by atoms with Crippen LogP contribution in [-0.4, -0.2) is 18.4 Å². The number of carbonyl (C=O) groups excluding carboxylic acids is 2. The van der Waals surface area contributed by atoms with Gasteiger partial charge in [-0.3, -0.25) is 4.79 Å². The second-order valence-electron chi connectivity index (χ2n) is 2.11. The molecule has 0 fully saturated rings. The highest BCUT2D eigenvalue weighted by molar-refractivity contribution is 5.94. The van der Waals surface area contributed by atoms with Crippen molar-refractivity contribution in [2.24, 2.45) is 0 Å². The van der Waals surface area contributed by atoms with Crippen molar-refractivity contribution in [2.45, 2.75) is 20.3 Å². The third kappa shape index (κ3) is 6.77. The quantitative estimate of drug-likeness (QED) is 0.452. The highest BCUT2D eigenvalue weighted by Crippen LogP contribution is 1.84. The lowest BCUT2D eigenvalue weighted by molar-refractivity contribution is -0.137. The molecule has 0 spiro atoms. The standard InChI is InChI=1S/C8H12O3/c1-3-6-11-8(10)5-4-7(2)9/h4-5H,3,6H2,1-2H3. The van der Waals surface area contributed by atoms with Gasteiger partial charge in [0.15, 0.2) is 5.78 Å². The third-order valence-electron chi connectivity index (χ3n) is 0.903. The first-order valence-electron chi connectivity index (χ1n) is 3.52. The van der Waals surface area contributed by atoms with Crippen LogP contribution in [0.1, 0.15) is 20.3 Å². The molecule has 0 saturated heterocycles. The molecule has 0 saturated carbocycles. The molecule has 0 aliphatic carbocycles. The molecule has 3 heteroatoms. The molecule has 0 atom stereocenters. The average molecular weight is 156 g/mol. The maximum absolute atomic E-state index is 10.6. The molecule has 3 nitrogen and oxygen atoms in total. The average Bonchev–Trinajstić information content (AvgIpc) is 1.97. The second-order valence-corrected chi connectivity index (χ2v) is 2.11. The van der Waals surface area contributed by atoms with Crippen LogP contribution in [0, 0.1) is 0 Å². The van der Waals surface area contributed by atoms with Gasteiger partial charge in [0.05, 0.1) is 6.61 Å². The third-order valence-corrected chi connectivity index (χ3v) is 0.903. The molecule has 11 heavy (non-hydrogen) atoms. The van der Waals surface area contributed by atoms with Gasteiger partial charge in [-0.05, 0) is 19.4 Å². The molecule has 0 amide bonds. The number of ether oxygens (including phenoxy) is 1. The summed E-state index contributed by atoms with van der Waals surface area (Å²) < 4.78 is 4.66. The van der Waals surface area contributed by atoms with Gasteiger partial charge >= 0.3 is 5.97 Å². The summed E-state index contributed by atoms with van der Waals surface area (Å²) in [5.41, 5.74) is 0. The Morgan fingerprint density at radius 3 is 2.45 bits per heavy atom. The second kappa shape index (κ2) is 5.65. The van der Waals surface area contributed by atoms with E-state index >= 15 is 0 Å². The predicted molar refractivity (Wildman–Crippen MR) is 41.1 cm³/mol. The molecule has 0 aromatic carbocycles. The van der Waals surface area contributed by atoms with Gasteiger partial charge in [0, 0.05) is 6.08 Å². The molecular formula is C8H12O3. The summed E-state index contributed by atoms with van der Waals surface area (Å²) in [4.78, 5) is 21.0. The maximum atomic E-state index is 10.6. The van der Waals surface area contributed by atoms with Crippen LogP contribution in [0.15, 0.2) is 12.2 Å². The summed E-state index contributed by atoms with van der Waals surface area (Å²) in [6.45, 7) is 3.69. The van der Waals surface area contributed by atoms with Crippen molar-refractivity contribution in [1.29, 1.82) is 0 Å². The highest BCUT2D eigenvalue weighted by atomic mass is 16.5.